The summed E-state index contributed by atoms with van der Waals surface area (Å²) in [6, 6.07) is -1.27. The fraction of sp³-hybridized carbons (Fsp3) is 0.720. The van der Waals surface area contributed by atoms with E-state index < -0.39 is 49.2 Å². The molecular weight excluding hydrogens is 590 g/mol. The number of alkyl halides is 1. The molecule has 0 spiro atoms. The molecule has 1 saturated heterocycles. The highest BCUT2D eigenvalue weighted by Gasteiger charge is 2.48. The second kappa shape index (κ2) is 16.7. The van der Waals surface area contributed by atoms with Crippen LogP contribution in [0, 0.1) is 0 Å². The summed E-state index contributed by atoms with van der Waals surface area (Å²) in [7, 11) is 0. The van der Waals surface area contributed by atoms with Crippen LogP contribution in [-0.4, -0.2) is 107 Å². The Morgan fingerprint density at radius 1 is 1.00 bits per heavy atom. The molecule has 0 saturated carbocycles. The molecular formula is C25H40BrN7O7. The van der Waals surface area contributed by atoms with Gasteiger partial charge in [-0.3, -0.25) is 9.59 Å². The van der Waals surface area contributed by atoms with Crippen LogP contribution in [0.5, 0.6) is 0 Å². The van der Waals surface area contributed by atoms with E-state index in [2.05, 4.69) is 51.8 Å². The number of nitrogens with one attached hydrogen (secondary N) is 4. The zero-order valence-electron chi connectivity index (χ0n) is 22.3. The molecule has 0 bridgehead atoms. The summed E-state index contributed by atoms with van der Waals surface area (Å²) in [5, 5.41) is 50.4. The van der Waals surface area contributed by atoms with E-state index in [1.54, 1.807) is 0 Å². The van der Waals surface area contributed by atoms with E-state index >= 15 is 0 Å². The van der Waals surface area contributed by atoms with Crippen molar-refractivity contribution in [3.63, 3.8) is 0 Å². The third kappa shape index (κ3) is 9.31. The van der Waals surface area contributed by atoms with Gasteiger partial charge in [-0.25, -0.2) is 15.0 Å². The van der Waals surface area contributed by atoms with Gasteiger partial charge in [0.05, 0.1) is 25.5 Å². The van der Waals surface area contributed by atoms with E-state index in [1.165, 1.54) is 38.3 Å². The van der Waals surface area contributed by atoms with Crippen LogP contribution < -0.4 is 16.0 Å². The molecule has 0 radical (unpaired) electrons. The van der Waals surface area contributed by atoms with Crippen LogP contribution in [0.4, 0.5) is 5.82 Å². The van der Waals surface area contributed by atoms with Gasteiger partial charge in [-0.2, -0.15) is 0 Å². The van der Waals surface area contributed by atoms with Crippen molar-refractivity contribution in [3.05, 3.63) is 12.7 Å². The second-order valence-corrected chi connectivity index (χ2v) is 10.7. The number of rotatable bonds is 17. The van der Waals surface area contributed by atoms with Gasteiger partial charge in [-0.1, -0.05) is 54.5 Å². The van der Waals surface area contributed by atoms with E-state index in [9.17, 15) is 30.0 Å². The molecule has 224 valence electrons. The van der Waals surface area contributed by atoms with Crippen molar-refractivity contribution in [1.29, 1.82) is 0 Å². The van der Waals surface area contributed by atoms with Crippen molar-refractivity contribution in [2.75, 3.05) is 23.8 Å². The number of H-pyrrole nitrogens is 1. The van der Waals surface area contributed by atoms with Crippen LogP contribution in [0.3, 0.4) is 0 Å². The summed E-state index contributed by atoms with van der Waals surface area (Å²) < 4.78 is 5.77. The highest BCUT2D eigenvalue weighted by molar-refractivity contribution is 9.09. The second-order valence-electron chi connectivity index (χ2n) is 9.86. The molecule has 6 atom stereocenters. The van der Waals surface area contributed by atoms with Gasteiger partial charge in [0.15, 0.2) is 17.7 Å². The number of unbranched alkanes of at least 4 members (excludes halogenated alkanes) is 7. The summed E-state index contributed by atoms with van der Waals surface area (Å²) in [5.74, 6) is -0.682. The number of aromatic nitrogens is 4. The van der Waals surface area contributed by atoms with Gasteiger partial charge in [0.2, 0.25) is 11.8 Å². The van der Waals surface area contributed by atoms with Gasteiger partial charge in [-0.15, -0.1) is 0 Å². The molecule has 40 heavy (non-hydrogen) atoms. The van der Waals surface area contributed by atoms with Gasteiger partial charge in [0.25, 0.3) is 0 Å². The average molecular weight is 631 g/mol. The van der Waals surface area contributed by atoms with Crippen molar-refractivity contribution in [1.82, 2.24) is 30.6 Å². The Balaban J connectivity index is 1.46. The number of imidazole rings is 1. The molecule has 8 N–H and O–H groups in total. The molecule has 1 aliphatic rings. The highest BCUT2D eigenvalue weighted by atomic mass is 79.9. The predicted molar refractivity (Wildman–Crippen MR) is 149 cm³/mol. The van der Waals surface area contributed by atoms with E-state index in [1.807, 2.05) is 0 Å². The predicted octanol–water partition coefficient (Wildman–Crippen LogP) is 0.0715. The van der Waals surface area contributed by atoms with E-state index in [0.717, 1.165) is 31.0 Å². The quantitative estimate of drug-likeness (QED) is 0.0865. The molecule has 15 heteroatoms. The molecule has 14 nitrogen and oxygen atoms in total. The number of nitrogens with zero attached hydrogens (tertiary/aromatic N) is 3. The van der Waals surface area contributed by atoms with Crippen LogP contribution >= 0.6 is 15.9 Å². The molecule has 2 amide bonds. The van der Waals surface area contributed by atoms with Crippen molar-refractivity contribution < 1.29 is 34.8 Å². The number of aliphatic hydroxyl groups excluding tert-OH is 4. The Bertz CT molecular complexity index is 1060. The van der Waals surface area contributed by atoms with E-state index in [-0.39, 0.29) is 18.3 Å². The number of hydrogen-bond acceptors (Lipinski definition) is 11. The monoisotopic (exact) mass is 629 g/mol. The maximum absolute atomic E-state index is 12.6. The number of carbonyl (C=O) groups is 2. The molecule has 2 aromatic rings. The topological polar surface area (TPSA) is 215 Å². The number of hydrogen-bond donors (Lipinski definition) is 8. The third-order valence-electron chi connectivity index (χ3n) is 6.82. The molecule has 1 fully saturated rings. The molecule has 1 aliphatic heterocycles. The summed E-state index contributed by atoms with van der Waals surface area (Å²) in [5.41, 5.74) is 0.790. The Hall–Kier alpha value is -2.43. The Morgan fingerprint density at radius 2 is 1.70 bits per heavy atom. The molecule has 0 unspecified atom stereocenters. The van der Waals surface area contributed by atoms with Crippen molar-refractivity contribution in [2.45, 2.75) is 94.5 Å². The number of ether oxygens (including phenoxy) is 1. The van der Waals surface area contributed by atoms with Crippen LogP contribution in [-0.2, 0) is 14.3 Å². The minimum absolute atomic E-state index is 0.228. The maximum Gasteiger partial charge on any atom is 0.239 e. The first-order chi connectivity index (χ1) is 19.3. The number of halogens is 1. The lowest BCUT2D eigenvalue weighted by molar-refractivity contribution is -0.204. The standard InChI is InChI=1S/C25H40BrN7O7/c26-10-8-6-4-2-1-3-5-7-9-16(36)27-11-17(37)32-18-20(38)21(39)25(40-22(18)15(35)12-34)33-24-19-23(29-13-28-19)30-14-31-24/h13-15,18,20-22,25,34-35,38-39H,1-12H2,(H,27,36)(H,32,37)(H2,28,29,30,31,33)/t15-,18+,20+,21+,22-,25-/m0/s1. The third-order valence-corrected chi connectivity index (χ3v) is 7.38. The fourth-order valence-electron chi connectivity index (χ4n) is 4.60. The smallest absolute Gasteiger partial charge is 0.239 e. The zero-order valence-corrected chi connectivity index (χ0v) is 23.9. The van der Waals surface area contributed by atoms with Gasteiger partial charge < -0.3 is 46.1 Å². The first-order valence-corrected chi connectivity index (χ1v) is 14.8. The first kappa shape index (κ1) is 32.1. The Morgan fingerprint density at radius 3 is 2.40 bits per heavy atom. The number of fused-ring (bicyclic) bond motifs is 1. The molecule has 0 aromatic carbocycles. The van der Waals surface area contributed by atoms with Gasteiger partial charge in [0.1, 0.15) is 36.3 Å². The summed E-state index contributed by atoms with van der Waals surface area (Å²) in [6.07, 6.45) is 4.51. The van der Waals surface area contributed by atoms with Crippen LogP contribution in [0.1, 0.15) is 57.8 Å². The SMILES string of the molecule is O=C(CCCCCCCCCCBr)NCC(=O)N[C@@H]1[C@@H](O)[C@@H](O)[C@@H](Nc2ncnc3nc[nH]c23)O[C@H]1[C@@H](O)CO. The summed E-state index contributed by atoms with van der Waals surface area (Å²) >= 11 is 3.43. The first-order valence-electron chi connectivity index (χ1n) is 13.7. The van der Waals surface area contributed by atoms with Gasteiger partial charge in [-0.05, 0) is 12.8 Å². The summed E-state index contributed by atoms with van der Waals surface area (Å²) in [6.45, 7) is -1.08. The molecule has 0 aliphatic carbocycles. The highest BCUT2D eigenvalue weighted by Crippen LogP contribution is 2.26. The van der Waals surface area contributed by atoms with Crippen molar-refractivity contribution >= 4 is 44.7 Å². The van der Waals surface area contributed by atoms with Crippen LogP contribution in [0.25, 0.3) is 11.2 Å². The van der Waals surface area contributed by atoms with E-state index in [4.69, 9.17) is 4.74 Å². The van der Waals surface area contributed by atoms with Crippen LogP contribution in [0.15, 0.2) is 12.7 Å². The molecule has 2 aromatic heterocycles. The largest absolute Gasteiger partial charge is 0.394 e. The lowest BCUT2D eigenvalue weighted by atomic mass is 9.92. The zero-order chi connectivity index (χ0) is 28.9. The number of aliphatic hydroxyl groups is 4. The van der Waals surface area contributed by atoms with Gasteiger partial charge in [0, 0.05) is 11.8 Å². The lowest BCUT2D eigenvalue weighted by Crippen LogP contribution is -2.68. The van der Waals surface area contributed by atoms with Gasteiger partial charge >= 0.3 is 0 Å². The maximum atomic E-state index is 12.6. The number of amides is 2. The van der Waals surface area contributed by atoms with Crippen LogP contribution in [0.2, 0.25) is 0 Å². The molecule has 3 heterocycles. The lowest BCUT2D eigenvalue weighted by Gasteiger charge is -2.44. The van der Waals surface area contributed by atoms with Crippen molar-refractivity contribution in [2.24, 2.45) is 0 Å². The normalized spacial score (nSPS) is 23.6. The molecule has 3 rings (SSSR count). The number of carbonyl (C=O) groups excluding carboxylic acids is 2. The van der Waals surface area contributed by atoms with Crippen molar-refractivity contribution in [3.8, 4) is 0 Å². The number of anilines is 1. The number of aromatic amines is 1. The van der Waals surface area contributed by atoms with E-state index in [0.29, 0.717) is 17.6 Å². The Labute approximate surface area is 240 Å². The fourth-order valence-corrected chi connectivity index (χ4v) is 4.99. The minimum atomic E-state index is -1.59. The Kier molecular flexibility index (Phi) is 13.4. The summed E-state index contributed by atoms with van der Waals surface area (Å²) in [4.78, 5) is 39.7. The minimum Gasteiger partial charge on any atom is -0.394 e. The average Bonchev–Trinajstić information content (AvgIpc) is 3.44.